The van der Waals surface area contributed by atoms with Crippen LogP contribution in [0, 0.1) is 5.82 Å². The maximum atomic E-state index is 13.3. The molecule has 1 unspecified atom stereocenters. The van der Waals surface area contributed by atoms with E-state index >= 15 is 0 Å². The summed E-state index contributed by atoms with van der Waals surface area (Å²) in [4.78, 5) is 13.9. The quantitative estimate of drug-likeness (QED) is 0.722. The third-order valence-electron chi connectivity index (χ3n) is 3.22. The largest absolute Gasteiger partial charge is 0.295 e. The first-order chi connectivity index (χ1) is 10.1. The number of anilines is 1. The average molecular weight is 387 g/mol. The molecule has 2 aromatic rings. The van der Waals surface area contributed by atoms with Crippen LogP contribution in [0.2, 0.25) is 5.02 Å². The SMILES string of the molecule is O=C1CSC(c2ccccc2Br)N1c1ccc(F)c(Cl)c1. The topological polar surface area (TPSA) is 20.3 Å². The standard InChI is InChI=1S/C15H10BrClFNOS/c16-11-4-2-1-3-10(11)15-19(14(20)8-21-15)9-5-6-13(18)12(17)7-9/h1-7,15H,8H2. The molecule has 0 radical (unpaired) electrons. The van der Waals surface area contributed by atoms with Crippen molar-refractivity contribution in [2.24, 2.45) is 0 Å². The molecule has 6 heteroatoms. The molecule has 1 heterocycles. The minimum absolute atomic E-state index is 0.0107. The number of hydrogen-bond acceptors (Lipinski definition) is 2. The van der Waals surface area contributed by atoms with Crippen LogP contribution in [-0.4, -0.2) is 11.7 Å². The molecule has 1 fully saturated rings. The van der Waals surface area contributed by atoms with E-state index in [0.717, 1.165) is 10.0 Å². The summed E-state index contributed by atoms with van der Waals surface area (Å²) in [7, 11) is 0. The first-order valence-electron chi connectivity index (χ1n) is 6.21. The highest BCUT2D eigenvalue weighted by Gasteiger charge is 2.35. The normalized spacial score (nSPS) is 18.3. The van der Waals surface area contributed by atoms with Crippen LogP contribution < -0.4 is 4.90 Å². The Morgan fingerprint density at radius 2 is 2.05 bits per heavy atom. The molecule has 108 valence electrons. The molecular weight excluding hydrogens is 377 g/mol. The number of carbonyl (C=O) groups excluding carboxylic acids is 1. The van der Waals surface area contributed by atoms with E-state index < -0.39 is 5.82 Å². The molecular formula is C15H10BrClFNOS. The monoisotopic (exact) mass is 385 g/mol. The summed E-state index contributed by atoms with van der Waals surface area (Å²) in [6.07, 6.45) is 0. The van der Waals surface area contributed by atoms with Gasteiger partial charge in [0.2, 0.25) is 5.91 Å². The molecule has 1 aliphatic heterocycles. The fourth-order valence-electron chi connectivity index (χ4n) is 2.24. The van der Waals surface area contributed by atoms with Crippen LogP contribution in [0.3, 0.4) is 0 Å². The molecule has 0 spiro atoms. The van der Waals surface area contributed by atoms with Gasteiger partial charge in [0.05, 0.1) is 10.8 Å². The highest BCUT2D eigenvalue weighted by Crippen LogP contribution is 2.44. The summed E-state index contributed by atoms with van der Waals surface area (Å²) in [5.74, 6) is -0.110. The van der Waals surface area contributed by atoms with Crippen molar-refractivity contribution in [2.75, 3.05) is 10.7 Å². The molecule has 1 amide bonds. The molecule has 0 aliphatic carbocycles. The molecule has 1 saturated heterocycles. The van der Waals surface area contributed by atoms with Crippen LogP contribution in [0.1, 0.15) is 10.9 Å². The van der Waals surface area contributed by atoms with Crippen molar-refractivity contribution in [1.29, 1.82) is 0 Å². The van der Waals surface area contributed by atoms with Gasteiger partial charge in [0.25, 0.3) is 0 Å². The summed E-state index contributed by atoms with van der Waals surface area (Å²) in [5, 5.41) is -0.127. The molecule has 0 aromatic heterocycles. The number of hydrogen-bond donors (Lipinski definition) is 0. The molecule has 0 N–H and O–H groups in total. The van der Waals surface area contributed by atoms with Gasteiger partial charge in [0.1, 0.15) is 11.2 Å². The van der Waals surface area contributed by atoms with Gasteiger partial charge in [-0.05, 0) is 29.8 Å². The van der Waals surface area contributed by atoms with E-state index in [1.54, 1.807) is 22.7 Å². The second-order valence-corrected chi connectivity index (χ2v) is 6.88. The van der Waals surface area contributed by atoms with Crippen molar-refractivity contribution in [3.05, 3.63) is 63.3 Å². The van der Waals surface area contributed by atoms with E-state index in [0.29, 0.717) is 11.4 Å². The number of nitrogens with zero attached hydrogens (tertiary/aromatic N) is 1. The summed E-state index contributed by atoms with van der Waals surface area (Å²) < 4.78 is 14.3. The predicted molar refractivity (Wildman–Crippen MR) is 88.2 cm³/mol. The Kier molecular flexibility index (Phi) is 4.24. The Balaban J connectivity index is 2.04. The van der Waals surface area contributed by atoms with Crippen LogP contribution in [-0.2, 0) is 4.79 Å². The lowest BCUT2D eigenvalue weighted by atomic mass is 10.2. The van der Waals surface area contributed by atoms with Gasteiger partial charge in [-0.15, -0.1) is 11.8 Å². The van der Waals surface area contributed by atoms with Gasteiger partial charge < -0.3 is 0 Å². The Morgan fingerprint density at radius 1 is 1.29 bits per heavy atom. The van der Waals surface area contributed by atoms with Crippen LogP contribution in [0.5, 0.6) is 0 Å². The van der Waals surface area contributed by atoms with Crippen LogP contribution in [0.25, 0.3) is 0 Å². The van der Waals surface area contributed by atoms with Crippen molar-refractivity contribution < 1.29 is 9.18 Å². The number of rotatable bonds is 2. The number of halogens is 3. The third kappa shape index (κ3) is 2.82. The molecule has 1 atom stereocenters. The van der Waals surface area contributed by atoms with Gasteiger partial charge in [-0.25, -0.2) is 4.39 Å². The first-order valence-corrected chi connectivity index (χ1v) is 8.43. The zero-order valence-corrected chi connectivity index (χ0v) is 13.9. The lowest BCUT2D eigenvalue weighted by Gasteiger charge is -2.25. The highest BCUT2D eigenvalue weighted by molar-refractivity contribution is 9.10. The van der Waals surface area contributed by atoms with Gasteiger partial charge in [-0.1, -0.05) is 45.7 Å². The number of benzene rings is 2. The molecule has 2 aromatic carbocycles. The van der Waals surface area contributed by atoms with Crippen LogP contribution >= 0.6 is 39.3 Å². The summed E-state index contributed by atoms with van der Waals surface area (Å²) >= 11 is 10.9. The van der Waals surface area contributed by atoms with Crippen molar-refractivity contribution in [2.45, 2.75) is 5.37 Å². The molecule has 0 saturated carbocycles. The average Bonchev–Trinajstić information content (AvgIpc) is 2.84. The van der Waals surface area contributed by atoms with Gasteiger partial charge >= 0.3 is 0 Å². The Hall–Kier alpha value is -1.04. The predicted octanol–water partition coefficient (Wildman–Crippen LogP) is 5.02. The van der Waals surface area contributed by atoms with Crippen LogP contribution in [0.15, 0.2) is 46.9 Å². The fourth-order valence-corrected chi connectivity index (χ4v) is 4.28. The second kappa shape index (κ2) is 5.99. The van der Waals surface area contributed by atoms with Crippen molar-refractivity contribution in [3.8, 4) is 0 Å². The molecule has 0 bridgehead atoms. The van der Waals surface area contributed by atoms with E-state index in [2.05, 4.69) is 15.9 Å². The maximum Gasteiger partial charge on any atom is 0.238 e. The van der Waals surface area contributed by atoms with E-state index in [9.17, 15) is 9.18 Å². The van der Waals surface area contributed by atoms with Gasteiger partial charge in [0.15, 0.2) is 0 Å². The van der Waals surface area contributed by atoms with Crippen LogP contribution in [0.4, 0.5) is 10.1 Å². The minimum Gasteiger partial charge on any atom is -0.295 e. The van der Waals surface area contributed by atoms with Gasteiger partial charge in [0, 0.05) is 10.2 Å². The minimum atomic E-state index is -0.489. The molecule has 2 nitrogen and oxygen atoms in total. The van der Waals surface area contributed by atoms with E-state index in [1.165, 1.54) is 12.1 Å². The molecule has 1 aliphatic rings. The Morgan fingerprint density at radius 3 is 2.76 bits per heavy atom. The number of thioether (sulfide) groups is 1. The van der Waals surface area contributed by atoms with Crippen molar-refractivity contribution in [1.82, 2.24) is 0 Å². The zero-order valence-electron chi connectivity index (χ0n) is 10.7. The number of amides is 1. The van der Waals surface area contributed by atoms with E-state index in [4.69, 9.17) is 11.6 Å². The lowest BCUT2D eigenvalue weighted by Crippen LogP contribution is -2.28. The first kappa shape index (κ1) is 14.9. The van der Waals surface area contributed by atoms with Crippen molar-refractivity contribution >= 4 is 50.9 Å². The van der Waals surface area contributed by atoms with Gasteiger partial charge in [-0.2, -0.15) is 0 Å². The smallest absolute Gasteiger partial charge is 0.238 e. The fraction of sp³-hybridized carbons (Fsp3) is 0.133. The maximum absolute atomic E-state index is 13.3. The van der Waals surface area contributed by atoms with Gasteiger partial charge in [-0.3, -0.25) is 9.69 Å². The van der Waals surface area contributed by atoms with E-state index in [-0.39, 0.29) is 16.3 Å². The van der Waals surface area contributed by atoms with Crippen molar-refractivity contribution in [3.63, 3.8) is 0 Å². The zero-order chi connectivity index (χ0) is 15.0. The lowest BCUT2D eigenvalue weighted by molar-refractivity contribution is -0.115. The Bertz CT molecular complexity index is 712. The Labute approximate surface area is 139 Å². The number of carbonyl (C=O) groups is 1. The summed E-state index contributed by atoms with van der Waals surface area (Å²) in [5.41, 5.74) is 1.62. The third-order valence-corrected chi connectivity index (χ3v) is 5.43. The highest BCUT2D eigenvalue weighted by atomic mass is 79.9. The summed E-state index contributed by atoms with van der Waals surface area (Å²) in [6, 6.07) is 12.1. The second-order valence-electron chi connectivity index (χ2n) is 4.55. The molecule has 3 rings (SSSR count). The van der Waals surface area contributed by atoms with E-state index in [1.807, 2.05) is 24.3 Å². The summed E-state index contributed by atoms with van der Waals surface area (Å²) in [6.45, 7) is 0. The molecule has 21 heavy (non-hydrogen) atoms.